The minimum atomic E-state index is -0.0995. The maximum atomic E-state index is 11.8. The third-order valence-corrected chi connectivity index (χ3v) is 4.10. The Morgan fingerprint density at radius 2 is 2.47 bits per heavy atom. The van der Waals surface area contributed by atoms with Gasteiger partial charge >= 0.3 is 0 Å². The van der Waals surface area contributed by atoms with Crippen molar-refractivity contribution in [2.45, 2.75) is 20.0 Å². The summed E-state index contributed by atoms with van der Waals surface area (Å²) in [7, 11) is 0. The van der Waals surface area contributed by atoms with Gasteiger partial charge in [-0.25, -0.2) is 0 Å². The number of aromatic nitrogens is 3. The molecule has 1 amide bonds. The van der Waals surface area contributed by atoms with Gasteiger partial charge < -0.3 is 9.88 Å². The number of carbonyl (C=O) groups excluding carboxylic acids is 1. The van der Waals surface area contributed by atoms with E-state index in [4.69, 9.17) is 0 Å². The molecule has 7 heteroatoms. The van der Waals surface area contributed by atoms with E-state index in [9.17, 15) is 4.79 Å². The van der Waals surface area contributed by atoms with Crippen LogP contribution in [0.25, 0.3) is 0 Å². The number of rotatable bonds is 4. The van der Waals surface area contributed by atoms with E-state index < -0.39 is 0 Å². The van der Waals surface area contributed by atoms with E-state index in [0.717, 1.165) is 16.8 Å². The van der Waals surface area contributed by atoms with Crippen LogP contribution in [-0.2, 0) is 13.1 Å². The summed E-state index contributed by atoms with van der Waals surface area (Å²) in [4.78, 5) is 12.5. The summed E-state index contributed by atoms with van der Waals surface area (Å²) in [5, 5.41) is 12.4. The Morgan fingerprint density at radius 1 is 1.65 bits per heavy atom. The van der Waals surface area contributed by atoms with Crippen molar-refractivity contribution >= 4 is 33.2 Å². The molecule has 2 heterocycles. The summed E-state index contributed by atoms with van der Waals surface area (Å²) < 4.78 is 2.71. The molecule has 0 aromatic carbocycles. The van der Waals surface area contributed by atoms with E-state index in [-0.39, 0.29) is 5.91 Å². The van der Waals surface area contributed by atoms with Gasteiger partial charge in [-0.2, -0.15) is 0 Å². The van der Waals surface area contributed by atoms with Gasteiger partial charge in [-0.15, -0.1) is 21.5 Å². The Balaban J connectivity index is 1.99. The van der Waals surface area contributed by atoms with Crippen molar-refractivity contribution in [3.8, 4) is 0 Å². The summed E-state index contributed by atoms with van der Waals surface area (Å²) in [5.41, 5.74) is 0. The van der Waals surface area contributed by atoms with Crippen molar-refractivity contribution in [3.05, 3.63) is 32.9 Å². The predicted octanol–water partition coefficient (Wildman–Crippen LogP) is 2.05. The molecule has 0 atom stereocenters. The average molecular weight is 315 g/mol. The van der Waals surface area contributed by atoms with E-state index in [1.807, 2.05) is 22.9 Å². The lowest BCUT2D eigenvalue weighted by Crippen LogP contribution is -2.24. The van der Waals surface area contributed by atoms with Crippen LogP contribution in [-0.4, -0.2) is 20.7 Å². The normalized spacial score (nSPS) is 10.5. The van der Waals surface area contributed by atoms with Crippen LogP contribution in [0.3, 0.4) is 0 Å². The quantitative estimate of drug-likeness (QED) is 0.939. The molecule has 0 aliphatic rings. The van der Waals surface area contributed by atoms with Gasteiger partial charge in [-0.3, -0.25) is 4.79 Å². The van der Waals surface area contributed by atoms with Crippen LogP contribution in [0.5, 0.6) is 0 Å². The van der Waals surface area contributed by atoms with Crippen LogP contribution in [0.1, 0.15) is 22.4 Å². The number of nitrogens with one attached hydrogen (secondary N) is 1. The van der Waals surface area contributed by atoms with Crippen LogP contribution in [0.4, 0.5) is 0 Å². The van der Waals surface area contributed by atoms with Crippen molar-refractivity contribution in [2.75, 3.05) is 0 Å². The number of hydrogen-bond acceptors (Lipinski definition) is 4. The van der Waals surface area contributed by atoms with Crippen molar-refractivity contribution in [1.82, 2.24) is 20.1 Å². The number of carbonyl (C=O) groups is 1. The molecule has 17 heavy (non-hydrogen) atoms. The minimum Gasteiger partial charge on any atom is -0.344 e. The highest BCUT2D eigenvalue weighted by atomic mass is 79.9. The van der Waals surface area contributed by atoms with Crippen LogP contribution < -0.4 is 5.32 Å². The standard InChI is InChI=1S/C10H11BrN4OS/c1-2-15-6-13-14-8(15)5-12-10(16)9-7(11)3-4-17-9/h3-4,6H,2,5H2,1H3,(H,12,16). The molecule has 0 fully saturated rings. The Hall–Kier alpha value is -1.21. The molecule has 0 aliphatic carbocycles. The first kappa shape index (κ1) is 12.3. The number of halogens is 1. The van der Waals surface area contributed by atoms with Gasteiger partial charge in [0.25, 0.3) is 5.91 Å². The first-order valence-electron chi connectivity index (χ1n) is 5.10. The fourth-order valence-corrected chi connectivity index (χ4v) is 2.84. The first-order chi connectivity index (χ1) is 8.22. The molecule has 2 aromatic rings. The average Bonchev–Trinajstić information content (AvgIpc) is 2.94. The Bertz CT molecular complexity index is 522. The number of hydrogen-bond donors (Lipinski definition) is 1. The zero-order valence-electron chi connectivity index (χ0n) is 9.18. The minimum absolute atomic E-state index is 0.0995. The Kier molecular flexibility index (Phi) is 3.90. The molecule has 0 saturated carbocycles. The van der Waals surface area contributed by atoms with Gasteiger partial charge in [-0.05, 0) is 34.3 Å². The Labute approximate surface area is 111 Å². The van der Waals surface area contributed by atoms with Gasteiger partial charge in [0.05, 0.1) is 6.54 Å². The van der Waals surface area contributed by atoms with E-state index in [1.54, 1.807) is 6.33 Å². The number of aryl methyl sites for hydroxylation is 1. The molecule has 1 N–H and O–H groups in total. The zero-order chi connectivity index (χ0) is 12.3. The molecule has 0 spiro atoms. The molecule has 0 aliphatic heterocycles. The lowest BCUT2D eigenvalue weighted by molar-refractivity contribution is 0.0953. The highest BCUT2D eigenvalue weighted by Gasteiger charge is 2.12. The second kappa shape index (κ2) is 5.42. The number of thiophene rings is 1. The van der Waals surface area contributed by atoms with E-state index in [2.05, 4.69) is 31.4 Å². The van der Waals surface area contributed by atoms with Gasteiger partial charge in [-0.1, -0.05) is 0 Å². The third-order valence-electron chi connectivity index (χ3n) is 2.27. The third kappa shape index (κ3) is 2.73. The van der Waals surface area contributed by atoms with E-state index >= 15 is 0 Å². The predicted molar refractivity (Wildman–Crippen MR) is 68.9 cm³/mol. The summed E-state index contributed by atoms with van der Waals surface area (Å²) in [6, 6.07) is 1.86. The maximum absolute atomic E-state index is 11.8. The van der Waals surface area contributed by atoms with Crippen LogP contribution in [0.15, 0.2) is 22.2 Å². The molecule has 0 saturated heterocycles. The monoisotopic (exact) mass is 314 g/mol. The van der Waals surface area contributed by atoms with Gasteiger partial charge in [0.1, 0.15) is 11.2 Å². The van der Waals surface area contributed by atoms with Gasteiger partial charge in [0.2, 0.25) is 0 Å². The highest BCUT2D eigenvalue weighted by Crippen LogP contribution is 2.22. The summed E-state index contributed by atoms with van der Waals surface area (Å²) >= 11 is 4.73. The lowest BCUT2D eigenvalue weighted by atomic mass is 10.4. The largest absolute Gasteiger partial charge is 0.344 e. The highest BCUT2D eigenvalue weighted by molar-refractivity contribution is 9.10. The topological polar surface area (TPSA) is 59.8 Å². The maximum Gasteiger partial charge on any atom is 0.262 e. The fourth-order valence-electron chi connectivity index (χ4n) is 1.38. The Morgan fingerprint density at radius 3 is 3.12 bits per heavy atom. The van der Waals surface area contributed by atoms with Crippen LogP contribution in [0, 0.1) is 0 Å². The molecule has 2 aromatic heterocycles. The number of nitrogens with zero attached hydrogens (tertiary/aromatic N) is 3. The molecular weight excluding hydrogens is 304 g/mol. The molecule has 2 rings (SSSR count). The summed E-state index contributed by atoms with van der Waals surface area (Å²) in [5.74, 6) is 0.658. The molecule has 90 valence electrons. The van der Waals surface area contributed by atoms with Crippen molar-refractivity contribution < 1.29 is 4.79 Å². The summed E-state index contributed by atoms with van der Waals surface area (Å²) in [6.45, 7) is 3.18. The molecule has 0 radical (unpaired) electrons. The van der Waals surface area contributed by atoms with Crippen molar-refractivity contribution in [2.24, 2.45) is 0 Å². The van der Waals surface area contributed by atoms with Crippen molar-refractivity contribution in [1.29, 1.82) is 0 Å². The van der Waals surface area contributed by atoms with Crippen LogP contribution in [0.2, 0.25) is 0 Å². The zero-order valence-corrected chi connectivity index (χ0v) is 11.6. The number of amides is 1. The lowest BCUT2D eigenvalue weighted by Gasteiger charge is -2.04. The molecular formula is C10H11BrN4OS. The van der Waals surface area contributed by atoms with Crippen LogP contribution >= 0.6 is 27.3 Å². The second-order valence-corrected chi connectivity index (χ2v) is 5.08. The summed E-state index contributed by atoms with van der Waals surface area (Å²) in [6.07, 6.45) is 1.66. The first-order valence-corrected chi connectivity index (χ1v) is 6.77. The smallest absolute Gasteiger partial charge is 0.262 e. The fraction of sp³-hybridized carbons (Fsp3) is 0.300. The van der Waals surface area contributed by atoms with Gasteiger partial charge in [0.15, 0.2) is 5.82 Å². The van der Waals surface area contributed by atoms with E-state index in [1.165, 1.54) is 11.3 Å². The van der Waals surface area contributed by atoms with Crippen molar-refractivity contribution in [3.63, 3.8) is 0 Å². The van der Waals surface area contributed by atoms with Gasteiger partial charge in [0, 0.05) is 11.0 Å². The van der Waals surface area contributed by atoms with E-state index in [0.29, 0.717) is 11.4 Å². The molecule has 0 unspecified atom stereocenters. The second-order valence-electron chi connectivity index (χ2n) is 3.31. The molecule has 5 nitrogen and oxygen atoms in total. The molecule has 0 bridgehead atoms. The SMILES string of the molecule is CCn1cnnc1CNC(=O)c1sccc1Br.